The van der Waals surface area contributed by atoms with Gasteiger partial charge in [-0.05, 0) is 80.7 Å². The molecule has 3 aromatic rings. The Bertz CT molecular complexity index is 1600. The van der Waals surface area contributed by atoms with Crippen molar-refractivity contribution in [2.24, 2.45) is 10.3 Å². The van der Waals surface area contributed by atoms with Crippen LogP contribution in [0.2, 0.25) is 0 Å². The zero-order valence-electron chi connectivity index (χ0n) is 24.8. The van der Waals surface area contributed by atoms with Gasteiger partial charge in [0.05, 0.1) is 23.2 Å². The number of anilines is 2. The van der Waals surface area contributed by atoms with Crippen LogP contribution < -0.4 is 9.80 Å². The van der Waals surface area contributed by atoms with Gasteiger partial charge in [-0.2, -0.15) is 4.91 Å². The quantitative estimate of drug-likeness (QED) is 0.222. The minimum absolute atomic E-state index is 0.0771. The average Bonchev–Trinajstić information content (AvgIpc) is 3.23. The van der Waals surface area contributed by atoms with Crippen LogP contribution in [0.25, 0.3) is 22.0 Å². The Hall–Kier alpha value is -4.67. The Morgan fingerprint density at radius 3 is 2.77 bits per heavy atom. The van der Waals surface area contributed by atoms with Crippen LogP contribution in [0, 0.1) is 17.6 Å². The van der Waals surface area contributed by atoms with Gasteiger partial charge in [0.15, 0.2) is 0 Å². The number of benzene rings is 2. The summed E-state index contributed by atoms with van der Waals surface area (Å²) in [5.41, 5.74) is 4.75. The standard InChI is InChI=1S/C32H36FN7O3/c1-4-15-38(16-6-9-25-8-5-7-23(3)43-37-25)31-29-27(33)12-11-26(30(29)34-21-35-31)24-10-13-28(22(2)20-24)40-19-18-39(32(40)41)17-14-36-42/h5,7-8,10-13,20-21H,4,6,9,14-19H2,1-3H3. The number of oxime groups is 1. The van der Waals surface area contributed by atoms with Gasteiger partial charge in [0.2, 0.25) is 0 Å². The second-order valence-corrected chi connectivity index (χ2v) is 10.7. The monoisotopic (exact) mass is 585 g/mol. The summed E-state index contributed by atoms with van der Waals surface area (Å²) < 4.78 is 15.5. The zero-order valence-corrected chi connectivity index (χ0v) is 24.8. The lowest BCUT2D eigenvalue weighted by molar-refractivity contribution is 0.222. The molecule has 11 heteroatoms. The summed E-state index contributed by atoms with van der Waals surface area (Å²) in [7, 11) is 0. The van der Waals surface area contributed by atoms with Crippen molar-refractivity contribution in [1.82, 2.24) is 14.9 Å². The van der Waals surface area contributed by atoms with E-state index in [1.807, 2.05) is 50.3 Å². The molecular formula is C32H36FN7O3. The highest BCUT2D eigenvalue weighted by atomic mass is 19.1. The highest BCUT2D eigenvalue weighted by Crippen LogP contribution is 2.36. The van der Waals surface area contributed by atoms with Gasteiger partial charge in [0.25, 0.3) is 0 Å². The summed E-state index contributed by atoms with van der Waals surface area (Å²) in [5.74, 6) is 0.934. The highest BCUT2D eigenvalue weighted by molar-refractivity contribution is 6.01. The molecule has 2 amide bonds. The number of aromatic nitrogens is 2. The molecule has 0 saturated carbocycles. The van der Waals surface area contributed by atoms with E-state index in [1.54, 1.807) is 15.9 Å². The number of amides is 2. The molecular weight excluding hydrogens is 549 g/mol. The fraction of sp³-hybridized carbons (Fsp3) is 0.375. The van der Waals surface area contributed by atoms with Gasteiger partial charge in [-0.15, -0.1) is 0 Å². The van der Waals surface area contributed by atoms with Crippen LogP contribution in [-0.4, -0.2) is 65.9 Å². The second kappa shape index (κ2) is 13.5. The SMILES string of the molecule is CCCN(CCCC1=NOC(C)=CC=C1)c1ncnc2c(-c3ccc(N4CCN(CCN=O)C4=O)c(C)c3)ccc(F)c12. The fourth-order valence-corrected chi connectivity index (χ4v) is 5.55. The Kier molecular flexibility index (Phi) is 9.38. The van der Waals surface area contributed by atoms with Gasteiger partial charge in [-0.25, -0.2) is 19.2 Å². The first-order chi connectivity index (χ1) is 20.9. The third-order valence-electron chi connectivity index (χ3n) is 7.65. The van der Waals surface area contributed by atoms with Gasteiger partial charge in [-0.3, -0.25) is 4.90 Å². The molecule has 0 N–H and O–H groups in total. The summed E-state index contributed by atoms with van der Waals surface area (Å²) in [5, 5.41) is 7.47. The molecule has 1 fully saturated rings. The summed E-state index contributed by atoms with van der Waals surface area (Å²) in [6.45, 7) is 8.75. The number of carbonyl (C=O) groups excluding carboxylic acids is 1. The van der Waals surface area contributed by atoms with Gasteiger partial charge < -0.3 is 14.6 Å². The number of nitrogens with zero attached hydrogens (tertiary/aromatic N) is 7. The molecule has 1 aromatic heterocycles. The van der Waals surface area contributed by atoms with Crippen molar-refractivity contribution in [3.05, 3.63) is 76.9 Å². The van der Waals surface area contributed by atoms with Crippen molar-refractivity contribution in [2.75, 3.05) is 49.1 Å². The predicted octanol–water partition coefficient (Wildman–Crippen LogP) is 6.60. The first kappa shape index (κ1) is 29.8. The van der Waals surface area contributed by atoms with E-state index < -0.39 is 0 Å². The van der Waals surface area contributed by atoms with Crippen LogP contribution in [0.3, 0.4) is 0 Å². The fourth-order valence-electron chi connectivity index (χ4n) is 5.55. The minimum atomic E-state index is -0.373. The first-order valence-corrected chi connectivity index (χ1v) is 14.6. The van der Waals surface area contributed by atoms with Crippen LogP contribution in [0.5, 0.6) is 0 Å². The summed E-state index contributed by atoms with van der Waals surface area (Å²) in [4.78, 5) is 43.4. The molecule has 5 rings (SSSR count). The maximum Gasteiger partial charge on any atom is 0.324 e. The van der Waals surface area contributed by atoms with E-state index in [4.69, 9.17) is 4.84 Å². The molecule has 1 saturated heterocycles. The number of urea groups is 1. The second-order valence-electron chi connectivity index (χ2n) is 10.7. The van der Waals surface area contributed by atoms with Crippen LogP contribution in [0.1, 0.15) is 38.7 Å². The molecule has 0 spiro atoms. The number of halogens is 1. The van der Waals surface area contributed by atoms with Crippen molar-refractivity contribution in [3.8, 4) is 11.1 Å². The molecule has 2 aromatic carbocycles. The normalized spacial score (nSPS) is 14.9. The lowest BCUT2D eigenvalue weighted by Crippen LogP contribution is -2.33. The number of allylic oxidation sites excluding steroid dienone is 4. The molecule has 0 radical (unpaired) electrons. The van der Waals surface area contributed by atoms with E-state index in [-0.39, 0.29) is 18.4 Å². The number of hydrogen-bond donors (Lipinski definition) is 0. The highest BCUT2D eigenvalue weighted by Gasteiger charge is 2.30. The number of fused-ring (bicyclic) bond motifs is 1. The molecule has 3 heterocycles. The van der Waals surface area contributed by atoms with Crippen molar-refractivity contribution in [3.63, 3.8) is 0 Å². The molecule has 0 bridgehead atoms. The maximum atomic E-state index is 15.5. The van der Waals surface area contributed by atoms with E-state index in [1.165, 1.54) is 12.4 Å². The largest absolute Gasteiger partial charge is 0.362 e. The summed E-state index contributed by atoms with van der Waals surface area (Å²) in [6, 6.07) is 8.92. The Morgan fingerprint density at radius 2 is 1.98 bits per heavy atom. The lowest BCUT2D eigenvalue weighted by atomic mass is 9.99. The number of hydrogen-bond acceptors (Lipinski definition) is 8. The molecule has 2 aliphatic heterocycles. The van der Waals surface area contributed by atoms with E-state index in [2.05, 4.69) is 32.1 Å². The maximum absolute atomic E-state index is 15.5. The van der Waals surface area contributed by atoms with Crippen molar-refractivity contribution in [2.45, 2.75) is 40.0 Å². The van der Waals surface area contributed by atoms with Gasteiger partial charge >= 0.3 is 6.03 Å². The Morgan fingerprint density at radius 1 is 1.12 bits per heavy atom. The minimum Gasteiger partial charge on any atom is -0.362 e. The number of nitroso groups, excluding NO2 is 1. The topological polar surface area (TPSA) is 104 Å². The van der Waals surface area contributed by atoms with Gasteiger partial charge in [0.1, 0.15) is 23.7 Å². The smallest absolute Gasteiger partial charge is 0.324 e. The van der Waals surface area contributed by atoms with Crippen LogP contribution >= 0.6 is 0 Å². The zero-order chi connectivity index (χ0) is 30.3. The summed E-state index contributed by atoms with van der Waals surface area (Å²) >= 11 is 0. The van der Waals surface area contributed by atoms with E-state index in [9.17, 15) is 9.70 Å². The van der Waals surface area contributed by atoms with E-state index in [0.29, 0.717) is 55.9 Å². The van der Waals surface area contributed by atoms with Crippen LogP contribution in [-0.2, 0) is 4.84 Å². The molecule has 2 aliphatic rings. The number of aryl methyl sites for hydroxylation is 1. The molecule has 224 valence electrons. The van der Waals surface area contributed by atoms with Crippen LogP contribution in [0.4, 0.5) is 20.7 Å². The lowest BCUT2D eigenvalue weighted by Gasteiger charge is -2.25. The first-order valence-electron chi connectivity index (χ1n) is 14.6. The Labute approximate surface area is 250 Å². The van der Waals surface area contributed by atoms with Crippen molar-refractivity contribution >= 4 is 34.2 Å². The Balaban J connectivity index is 1.41. The average molecular weight is 586 g/mol. The third kappa shape index (κ3) is 6.55. The van der Waals surface area contributed by atoms with Crippen LogP contribution in [0.15, 0.2) is 71.0 Å². The molecule has 0 aliphatic carbocycles. The van der Waals surface area contributed by atoms with Crippen molar-refractivity contribution in [1.29, 1.82) is 0 Å². The number of rotatable bonds is 12. The molecule has 43 heavy (non-hydrogen) atoms. The van der Waals surface area contributed by atoms with E-state index >= 15 is 4.39 Å². The molecule has 0 atom stereocenters. The van der Waals surface area contributed by atoms with Gasteiger partial charge in [0, 0.05) is 44.0 Å². The molecule has 10 nitrogen and oxygen atoms in total. The molecule has 0 unspecified atom stereocenters. The number of carbonyl (C=O) groups is 1. The summed E-state index contributed by atoms with van der Waals surface area (Å²) in [6.07, 6.45) is 9.62. The third-order valence-corrected chi connectivity index (χ3v) is 7.65. The predicted molar refractivity (Wildman–Crippen MR) is 168 cm³/mol. The van der Waals surface area contributed by atoms with E-state index in [0.717, 1.165) is 46.7 Å². The van der Waals surface area contributed by atoms with Crippen molar-refractivity contribution < 1.29 is 14.0 Å². The van der Waals surface area contributed by atoms with Gasteiger partial charge in [-0.1, -0.05) is 29.4 Å².